The average molecular weight is 367 g/mol. The topological polar surface area (TPSA) is 64.0 Å². The first-order chi connectivity index (χ1) is 12.6. The van der Waals surface area contributed by atoms with E-state index in [1.165, 1.54) is 22.2 Å². The van der Waals surface area contributed by atoms with Crippen LogP contribution in [-0.4, -0.2) is 21.5 Å². The Morgan fingerprint density at radius 3 is 2.73 bits per heavy atom. The standard InChI is InChI=1S/C20H21N3O2S/c1-13-17-19(26-18(13)14-7-3-2-4-8-14)21-12-23(20(17)25)11-16(24)22-15-9-5-6-10-15/h2-4,7-8,12,15H,5-6,9-11H2,1H3,(H,22,24). The Hall–Kier alpha value is -2.47. The first-order valence-corrected chi connectivity index (χ1v) is 9.78. The monoisotopic (exact) mass is 367 g/mol. The smallest absolute Gasteiger partial charge is 0.262 e. The van der Waals surface area contributed by atoms with Crippen LogP contribution in [0.15, 0.2) is 41.5 Å². The minimum Gasteiger partial charge on any atom is -0.352 e. The van der Waals surface area contributed by atoms with Crippen molar-refractivity contribution in [3.63, 3.8) is 0 Å². The maximum Gasteiger partial charge on any atom is 0.262 e. The van der Waals surface area contributed by atoms with E-state index in [0.29, 0.717) is 5.39 Å². The van der Waals surface area contributed by atoms with Gasteiger partial charge in [-0.1, -0.05) is 43.2 Å². The Labute approximate surface area is 155 Å². The fraction of sp³-hybridized carbons (Fsp3) is 0.350. The van der Waals surface area contributed by atoms with E-state index in [4.69, 9.17) is 0 Å². The van der Waals surface area contributed by atoms with Crippen molar-refractivity contribution in [3.8, 4) is 10.4 Å². The largest absolute Gasteiger partial charge is 0.352 e. The average Bonchev–Trinajstić information content (AvgIpc) is 3.26. The van der Waals surface area contributed by atoms with Crippen LogP contribution in [0.5, 0.6) is 0 Å². The summed E-state index contributed by atoms with van der Waals surface area (Å²) in [4.78, 5) is 31.4. The number of rotatable bonds is 4. The number of nitrogens with zero attached hydrogens (tertiary/aromatic N) is 2. The van der Waals surface area contributed by atoms with Crippen LogP contribution in [0, 0.1) is 6.92 Å². The second kappa shape index (κ2) is 7.03. The van der Waals surface area contributed by atoms with Crippen LogP contribution >= 0.6 is 11.3 Å². The van der Waals surface area contributed by atoms with Gasteiger partial charge in [-0.05, 0) is 30.9 Å². The first kappa shape index (κ1) is 17.0. The van der Waals surface area contributed by atoms with Crippen molar-refractivity contribution in [3.05, 3.63) is 52.6 Å². The van der Waals surface area contributed by atoms with Gasteiger partial charge in [0.05, 0.1) is 11.7 Å². The van der Waals surface area contributed by atoms with Gasteiger partial charge in [0.25, 0.3) is 5.56 Å². The number of hydrogen-bond acceptors (Lipinski definition) is 4. The number of hydrogen-bond donors (Lipinski definition) is 1. The van der Waals surface area contributed by atoms with Gasteiger partial charge in [-0.15, -0.1) is 11.3 Å². The lowest BCUT2D eigenvalue weighted by molar-refractivity contribution is -0.122. The molecule has 134 valence electrons. The predicted octanol–water partition coefficient (Wildman–Crippen LogP) is 3.49. The molecule has 6 heteroatoms. The van der Waals surface area contributed by atoms with Crippen LogP contribution in [-0.2, 0) is 11.3 Å². The van der Waals surface area contributed by atoms with Crippen molar-refractivity contribution in [2.45, 2.75) is 45.2 Å². The van der Waals surface area contributed by atoms with E-state index in [2.05, 4.69) is 10.3 Å². The third kappa shape index (κ3) is 3.17. The summed E-state index contributed by atoms with van der Waals surface area (Å²) in [5.74, 6) is -0.115. The molecule has 2 aromatic heterocycles. The summed E-state index contributed by atoms with van der Waals surface area (Å²) in [7, 11) is 0. The number of nitrogens with one attached hydrogen (secondary N) is 1. The van der Waals surface area contributed by atoms with Crippen LogP contribution in [0.2, 0.25) is 0 Å². The molecule has 3 aromatic rings. The van der Waals surface area contributed by atoms with Gasteiger partial charge in [-0.25, -0.2) is 4.98 Å². The van der Waals surface area contributed by atoms with Gasteiger partial charge in [-0.3, -0.25) is 14.2 Å². The number of benzene rings is 1. The van der Waals surface area contributed by atoms with E-state index in [0.717, 1.165) is 46.5 Å². The maximum absolute atomic E-state index is 12.9. The van der Waals surface area contributed by atoms with E-state index < -0.39 is 0 Å². The second-order valence-electron chi connectivity index (χ2n) is 6.83. The molecule has 0 saturated heterocycles. The fourth-order valence-corrected chi connectivity index (χ4v) is 4.78. The van der Waals surface area contributed by atoms with Crippen LogP contribution < -0.4 is 10.9 Å². The summed E-state index contributed by atoms with van der Waals surface area (Å²) in [6.07, 6.45) is 5.87. The lowest BCUT2D eigenvalue weighted by Crippen LogP contribution is -2.37. The molecule has 0 spiro atoms. The summed E-state index contributed by atoms with van der Waals surface area (Å²) in [6, 6.07) is 10.3. The van der Waals surface area contributed by atoms with Gasteiger partial charge in [-0.2, -0.15) is 0 Å². The van der Waals surface area contributed by atoms with Gasteiger partial charge in [0.1, 0.15) is 11.4 Å². The highest BCUT2D eigenvalue weighted by molar-refractivity contribution is 7.22. The van der Waals surface area contributed by atoms with Gasteiger partial charge < -0.3 is 5.32 Å². The molecule has 2 heterocycles. The van der Waals surface area contributed by atoms with Crippen molar-refractivity contribution in [2.75, 3.05) is 0 Å². The minimum absolute atomic E-state index is 0.0221. The van der Waals surface area contributed by atoms with Gasteiger partial charge in [0.15, 0.2) is 0 Å². The number of thiophene rings is 1. The van der Waals surface area contributed by atoms with Crippen molar-refractivity contribution < 1.29 is 4.79 Å². The molecule has 1 aliphatic rings. The maximum atomic E-state index is 12.9. The first-order valence-electron chi connectivity index (χ1n) is 8.97. The molecule has 0 unspecified atom stereocenters. The summed E-state index contributed by atoms with van der Waals surface area (Å²) >= 11 is 1.52. The molecule has 1 saturated carbocycles. The third-order valence-corrected chi connectivity index (χ3v) is 6.24. The van der Waals surface area contributed by atoms with Crippen molar-refractivity contribution >= 4 is 27.5 Å². The van der Waals surface area contributed by atoms with E-state index in [-0.39, 0.29) is 24.1 Å². The number of aromatic nitrogens is 2. The lowest BCUT2D eigenvalue weighted by Gasteiger charge is -2.12. The predicted molar refractivity (Wildman–Crippen MR) is 104 cm³/mol. The zero-order valence-electron chi connectivity index (χ0n) is 14.7. The van der Waals surface area contributed by atoms with Gasteiger partial charge in [0, 0.05) is 10.9 Å². The third-order valence-electron chi connectivity index (χ3n) is 4.99. The Bertz CT molecular complexity index is 1000. The van der Waals surface area contributed by atoms with Crippen molar-refractivity contribution in [1.82, 2.24) is 14.9 Å². The molecular weight excluding hydrogens is 346 g/mol. The highest BCUT2D eigenvalue weighted by Gasteiger charge is 2.19. The summed E-state index contributed by atoms with van der Waals surface area (Å²) < 4.78 is 1.42. The van der Waals surface area contributed by atoms with Crippen molar-refractivity contribution in [2.24, 2.45) is 0 Å². The minimum atomic E-state index is -0.146. The molecule has 1 fully saturated rings. The molecule has 0 aliphatic heterocycles. The zero-order valence-corrected chi connectivity index (χ0v) is 15.5. The quantitative estimate of drug-likeness (QED) is 0.768. The van der Waals surface area contributed by atoms with E-state index in [1.807, 2.05) is 37.3 Å². The van der Waals surface area contributed by atoms with Crippen molar-refractivity contribution in [1.29, 1.82) is 0 Å². The highest BCUT2D eigenvalue weighted by Crippen LogP contribution is 2.35. The molecule has 1 N–H and O–H groups in total. The molecule has 0 bridgehead atoms. The molecule has 26 heavy (non-hydrogen) atoms. The Morgan fingerprint density at radius 2 is 2.00 bits per heavy atom. The normalized spacial score (nSPS) is 14.8. The number of carbonyl (C=O) groups excluding carboxylic acids is 1. The van der Waals surface area contributed by atoms with E-state index in [9.17, 15) is 9.59 Å². The van der Waals surface area contributed by atoms with Crippen LogP contribution in [0.1, 0.15) is 31.2 Å². The molecule has 1 amide bonds. The molecule has 1 aromatic carbocycles. The molecule has 1 aliphatic carbocycles. The zero-order chi connectivity index (χ0) is 18.1. The lowest BCUT2D eigenvalue weighted by atomic mass is 10.1. The van der Waals surface area contributed by atoms with Crippen LogP contribution in [0.25, 0.3) is 20.7 Å². The second-order valence-corrected chi connectivity index (χ2v) is 7.83. The molecule has 0 atom stereocenters. The molecular formula is C20H21N3O2S. The van der Waals surface area contributed by atoms with Crippen LogP contribution in [0.4, 0.5) is 0 Å². The number of fused-ring (bicyclic) bond motifs is 1. The molecule has 4 rings (SSSR count). The summed E-state index contributed by atoms with van der Waals surface area (Å²) in [5, 5.41) is 3.64. The Morgan fingerprint density at radius 1 is 1.27 bits per heavy atom. The molecule has 0 radical (unpaired) electrons. The number of amides is 1. The van der Waals surface area contributed by atoms with Gasteiger partial charge in [0.2, 0.25) is 5.91 Å². The Balaban J connectivity index is 1.65. The van der Waals surface area contributed by atoms with Gasteiger partial charge >= 0.3 is 0 Å². The Kier molecular flexibility index (Phi) is 4.59. The fourth-order valence-electron chi connectivity index (χ4n) is 3.63. The number of carbonyl (C=O) groups is 1. The van der Waals surface area contributed by atoms with E-state index in [1.54, 1.807) is 0 Å². The van der Waals surface area contributed by atoms with Crippen LogP contribution in [0.3, 0.4) is 0 Å². The van der Waals surface area contributed by atoms with E-state index >= 15 is 0 Å². The molecule has 5 nitrogen and oxygen atoms in total. The SMILES string of the molecule is Cc1c(-c2ccccc2)sc2ncn(CC(=O)NC3CCCC3)c(=O)c12. The summed E-state index contributed by atoms with van der Waals surface area (Å²) in [5.41, 5.74) is 1.87. The highest BCUT2D eigenvalue weighted by atomic mass is 32.1. The summed E-state index contributed by atoms with van der Waals surface area (Å²) in [6.45, 7) is 1.97. The number of aryl methyl sites for hydroxylation is 1.